The highest BCUT2D eigenvalue weighted by molar-refractivity contribution is 5.95. The Morgan fingerprint density at radius 3 is 2.14 bits per heavy atom. The number of amides is 8. The summed E-state index contributed by atoms with van der Waals surface area (Å²) in [5, 5.41) is 30.8. The van der Waals surface area contributed by atoms with Gasteiger partial charge in [0.25, 0.3) is 0 Å². The number of aliphatic hydroxyl groups is 1. The Labute approximate surface area is 436 Å². The summed E-state index contributed by atoms with van der Waals surface area (Å²) in [6, 6.07) is 6.71. The van der Waals surface area contributed by atoms with E-state index in [1.54, 1.807) is 65.1 Å². The van der Waals surface area contributed by atoms with Gasteiger partial charge in [0, 0.05) is 44.0 Å². The monoisotopic (exact) mass is 1040 g/mol. The van der Waals surface area contributed by atoms with E-state index < -0.39 is 107 Å². The van der Waals surface area contributed by atoms with Crippen LogP contribution in [-0.2, 0) is 58.9 Å². The van der Waals surface area contributed by atoms with E-state index in [0.717, 1.165) is 12.0 Å². The third-order valence-corrected chi connectivity index (χ3v) is 14.1. The van der Waals surface area contributed by atoms with Gasteiger partial charge in [-0.1, -0.05) is 83.5 Å². The van der Waals surface area contributed by atoms with Crippen LogP contribution in [0.5, 0.6) is 0 Å². The molecule has 3 fully saturated rings. The number of carbonyl (C=O) groups is 8. The number of hydrogen-bond donors (Lipinski definition) is 9. The summed E-state index contributed by atoms with van der Waals surface area (Å²) in [6.45, 7) is 18.1. The summed E-state index contributed by atoms with van der Waals surface area (Å²) in [5.74, 6) is -4.14. The molecule has 3 aliphatic rings. The molecule has 1 aliphatic carbocycles. The molecule has 6 unspecified atom stereocenters. The maximum atomic E-state index is 13.9. The van der Waals surface area contributed by atoms with E-state index in [-0.39, 0.29) is 69.3 Å². The number of benzene rings is 1. The number of aliphatic hydroxyl groups excluding tert-OH is 1. The van der Waals surface area contributed by atoms with Gasteiger partial charge in [0.2, 0.25) is 41.4 Å². The van der Waals surface area contributed by atoms with Crippen molar-refractivity contribution in [3.63, 3.8) is 0 Å². The van der Waals surface area contributed by atoms with Crippen LogP contribution in [0.3, 0.4) is 0 Å². The van der Waals surface area contributed by atoms with E-state index in [0.29, 0.717) is 25.9 Å². The SMILES string of the molecule is CCC(C)(CC(C)(C)C(=O)NCC(=O)NC(Cc1ccccc1)C(=O)NC(CC(C)C)C(=O)NCC(=O)NCCNCC(=O)NC(=O)OC1CC[C@]2(CO2)[C@@H]([C@]2(C)OC2CC=C(C)C)[C@@H]1OC)C(=O)NCC(C)O. The summed E-state index contributed by atoms with van der Waals surface area (Å²) in [7, 11) is 1.57. The third-order valence-electron chi connectivity index (χ3n) is 14.1. The summed E-state index contributed by atoms with van der Waals surface area (Å²) < 4.78 is 23.8. The van der Waals surface area contributed by atoms with Crippen LogP contribution in [0, 0.1) is 22.7 Å². The van der Waals surface area contributed by atoms with E-state index in [1.807, 2.05) is 41.5 Å². The first-order chi connectivity index (χ1) is 34.8. The van der Waals surface area contributed by atoms with Crippen molar-refractivity contribution in [2.45, 2.75) is 162 Å². The van der Waals surface area contributed by atoms with Crippen molar-refractivity contribution >= 4 is 47.4 Å². The molecule has 2 aliphatic heterocycles. The van der Waals surface area contributed by atoms with Crippen LogP contribution in [0.15, 0.2) is 42.0 Å². The van der Waals surface area contributed by atoms with Crippen LogP contribution in [0.2, 0.25) is 0 Å². The van der Waals surface area contributed by atoms with Gasteiger partial charge in [0.05, 0.1) is 44.4 Å². The average molecular weight is 1040 g/mol. The van der Waals surface area contributed by atoms with Crippen LogP contribution in [-0.4, -0.2) is 153 Å². The lowest BCUT2D eigenvalue weighted by atomic mass is 9.68. The zero-order valence-corrected chi connectivity index (χ0v) is 45.3. The largest absolute Gasteiger partial charge is 0.443 e. The first kappa shape index (κ1) is 61.1. The molecule has 10 atom stereocenters. The maximum absolute atomic E-state index is 13.9. The number of imide groups is 1. The third kappa shape index (κ3) is 18.1. The summed E-state index contributed by atoms with van der Waals surface area (Å²) in [4.78, 5) is 105. The minimum absolute atomic E-state index is 0.0157. The number of nitrogens with one attached hydrogen (secondary N) is 8. The molecule has 0 bridgehead atoms. The molecule has 1 spiro atoms. The second-order valence-corrected chi connectivity index (χ2v) is 21.8. The van der Waals surface area contributed by atoms with Gasteiger partial charge in [-0.2, -0.15) is 0 Å². The number of rotatable bonds is 29. The summed E-state index contributed by atoms with van der Waals surface area (Å²) in [6.07, 6.45) is 2.09. The zero-order valence-electron chi connectivity index (χ0n) is 45.3. The fraction of sp³-hybridized carbons (Fsp3) is 0.698. The smallest absolute Gasteiger partial charge is 0.414 e. The number of ether oxygens (including phenoxy) is 4. The molecule has 8 amide bonds. The van der Waals surface area contributed by atoms with Crippen molar-refractivity contribution in [3.05, 3.63) is 47.5 Å². The lowest BCUT2D eigenvalue weighted by Gasteiger charge is -2.42. The van der Waals surface area contributed by atoms with Gasteiger partial charge in [0.15, 0.2) is 0 Å². The number of epoxide rings is 2. The molecule has 414 valence electrons. The predicted molar refractivity (Wildman–Crippen MR) is 275 cm³/mol. The standard InChI is InChI=1S/C53H84N8O13/c1-12-51(9,48(69)57-26-34(6)62)30-50(7,8)47(68)58-29-42(65)59-37(25-35-16-14-13-15-17-35)46(67)60-36(24-33(4)5)45(66)56-28-40(63)55-23-22-54-27-41(64)61-49(70)73-38-20-21-53(31-72-53)44(43(38)71-11)52(10)39(74-52)19-18-32(2)3/h13-18,33-34,36-39,43-44,54,62H,12,19-31H2,1-11H3,(H,55,63)(H,56,66)(H,57,69)(H,58,68)(H,59,65)(H,60,67)(H,61,64,70)/t34?,36?,37?,38?,39?,43-,44-,51?,52-,53+/m1/s1. The van der Waals surface area contributed by atoms with Crippen molar-refractivity contribution in [1.29, 1.82) is 0 Å². The molecular weight excluding hydrogens is 957 g/mol. The average Bonchev–Trinajstić information content (AvgIpc) is 4.26. The fourth-order valence-electron chi connectivity index (χ4n) is 9.80. The van der Waals surface area contributed by atoms with Gasteiger partial charge in [-0.15, -0.1) is 0 Å². The van der Waals surface area contributed by atoms with Gasteiger partial charge in [0.1, 0.15) is 35.5 Å². The van der Waals surface area contributed by atoms with E-state index in [9.17, 15) is 43.5 Å². The van der Waals surface area contributed by atoms with Crippen molar-refractivity contribution in [3.8, 4) is 0 Å². The maximum Gasteiger partial charge on any atom is 0.414 e. The highest BCUT2D eigenvalue weighted by Gasteiger charge is 2.72. The van der Waals surface area contributed by atoms with Crippen LogP contribution < -0.4 is 42.5 Å². The molecule has 1 saturated carbocycles. The molecule has 2 heterocycles. The molecule has 1 aromatic rings. The molecule has 21 heteroatoms. The topological polar surface area (TPSA) is 297 Å². The Hall–Kier alpha value is -5.48. The van der Waals surface area contributed by atoms with E-state index >= 15 is 0 Å². The molecule has 0 radical (unpaired) electrons. The van der Waals surface area contributed by atoms with Crippen molar-refractivity contribution in [2.75, 3.05) is 53.0 Å². The normalized spacial score (nSPS) is 23.9. The van der Waals surface area contributed by atoms with E-state index in [4.69, 9.17) is 18.9 Å². The number of hydrogen-bond acceptors (Lipinski definition) is 14. The van der Waals surface area contributed by atoms with Crippen molar-refractivity contribution < 1.29 is 62.4 Å². The number of allylic oxidation sites excluding steroid dienone is 1. The second kappa shape index (κ2) is 27.3. The molecule has 0 aromatic heterocycles. The van der Waals surface area contributed by atoms with Gasteiger partial charge in [-0.25, -0.2) is 4.79 Å². The fourth-order valence-corrected chi connectivity index (χ4v) is 9.80. The van der Waals surface area contributed by atoms with Gasteiger partial charge >= 0.3 is 6.09 Å². The lowest BCUT2D eigenvalue weighted by molar-refractivity contribution is -0.138. The minimum Gasteiger partial charge on any atom is -0.443 e. The van der Waals surface area contributed by atoms with Crippen LogP contribution >= 0.6 is 0 Å². The van der Waals surface area contributed by atoms with Gasteiger partial charge in [-0.3, -0.25) is 38.9 Å². The van der Waals surface area contributed by atoms with Crippen molar-refractivity contribution in [1.82, 2.24) is 42.5 Å². The molecule has 4 rings (SSSR count). The van der Waals surface area contributed by atoms with Crippen molar-refractivity contribution in [2.24, 2.45) is 22.7 Å². The van der Waals surface area contributed by atoms with E-state index in [2.05, 4.69) is 48.6 Å². The van der Waals surface area contributed by atoms with Gasteiger partial charge in [-0.05, 0) is 77.7 Å². The minimum atomic E-state index is -1.16. The Balaban J connectivity index is 1.22. The molecule has 74 heavy (non-hydrogen) atoms. The summed E-state index contributed by atoms with van der Waals surface area (Å²) >= 11 is 0. The Kier molecular flexibility index (Phi) is 22.6. The van der Waals surface area contributed by atoms with Crippen LogP contribution in [0.4, 0.5) is 4.79 Å². The highest BCUT2D eigenvalue weighted by Crippen LogP contribution is 2.59. The Morgan fingerprint density at radius 2 is 1.53 bits per heavy atom. The molecular formula is C53H84N8O13. The number of methoxy groups -OCH3 is 1. The predicted octanol–water partition coefficient (Wildman–Crippen LogP) is 1.84. The second-order valence-electron chi connectivity index (χ2n) is 21.8. The first-order valence-electron chi connectivity index (χ1n) is 25.9. The molecule has 9 N–H and O–H groups in total. The van der Waals surface area contributed by atoms with E-state index in [1.165, 1.54) is 5.57 Å². The molecule has 1 aromatic carbocycles. The Morgan fingerprint density at radius 1 is 0.851 bits per heavy atom. The highest BCUT2D eigenvalue weighted by atomic mass is 16.6. The van der Waals surface area contributed by atoms with Gasteiger partial charge < -0.3 is 61.3 Å². The lowest BCUT2D eigenvalue weighted by Crippen LogP contribution is -2.56. The summed E-state index contributed by atoms with van der Waals surface area (Å²) in [5.41, 5.74) is -1.01. The number of alkyl carbamates (subject to hydrolysis) is 1. The quantitative estimate of drug-likeness (QED) is 0.0315. The van der Waals surface area contributed by atoms with Crippen LogP contribution in [0.1, 0.15) is 113 Å². The zero-order chi connectivity index (χ0) is 55.0. The first-order valence-corrected chi connectivity index (χ1v) is 25.9. The number of carbonyl (C=O) groups excluding carboxylic acids is 8. The molecule has 2 saturated heterocycles. The molecule has 21 nitrogen and oxygen atoms in total. The van der Waals surface area contributed by atoms with Crippen LogP contribution in [0.25, 0.3) is 0 Å². The Bertz CT molecular complexity index is 2150.